The van der Waals surface area contributed by atoms with Crippen LogP contribution in [0, 0.1) is 17.0 Å². The number of carbonyl (C=O) groups is 1. The second kappa shape index (κ2) is 4.47. The fourth-order valence-corrected chi connectivity index (χ4v) is 1.12. The zero-order valence-electron chi connectivity index (χ0n) is 8.69. The van der Waals surface area contributed by atoms with Crippen LogP contribution >= 0.6 is 0 Å². The van der Waals surface area contributed by atoms with Crippen molar-refractivity contribution in [1.29, 1.82) is 0 Å². The van der Waals surface area contributed by atoms with Gasteiger partial charge in [-0.2, -0.15) is 0 Å². The van der Waals surface area contributed by atoms with E-state index in [1.165, 1.54) is 0 Å². The van der Waals surface area contributed by atoms with Gasteiger partial charge in [0.2, 0.25) is 0 Å². The maximum absolute atomic E-state index is 12.0. The van der Waals surface area contributed by atoms with Gasteiger partial charge in [0.15, 0.2) is 5.75 Å². The van der Waals surface area contributed by atoms with E-state index in [1.807, 2.05) is 0 Å². The third-order valence-electron chi connectivity index (χ3n) is 1.75. The molecule has 1 aromatic rings. The minimum atomic E-state index is -5.12. The Kier molecular flexibility index (Phi) is 3.39. The number of ether oxygens (including phenoxy) is 1. The Morgan fingerprint density at radius 3 is 2.50 bits per heavy atom. The Morgan fingerprint density at radius 2 is 2.11 bits per heavy atom. The molecular weight excluding hydrogens is 261 g/mol. The zero-order chi connectivity index (χ0) is 14.1. The Balaban J connectivity index is 3.38. The minimum absolute atomic E-state index is 0.246. The van der Waals surface area contributed by atoms with Crippen LogP contribution in [0.15, 0.2) is 6.07 Å². The van der Waals surface area contributed by atoms with Crippen molar-refractivity contribution in [2.75, 3.05) is 0 Å². The summed E-state index contributed by atoms with van der Waals surface area (Å²) in [5.74, 6) is -3.81. The van der Waals surface area contributed by atoms with E-state index in [0.29, 0.717) is 6.07 Å². The van der Waals surface area contributed by atoms with Crippen LogP contribution in [0.4, 0.5) is 19.0 Å². The predicted molar refractivity (Wildman–Crippen MR) is 49.3 cm³/mol. The van der Waals surface area contributed by atoms with Gasteiger partial charge in [-0.05, 0) is 22.9 Å². The molecule has 0 saturated carbocycles. The van der Waals surface area contributed by atoms with E-state index < -0.39 is 34.5 Å². The van der Waals surface area contributed by atoms with Gasteiger partial charge in [0.05, 0.1) is 5.56 Å². The van der Waals surface area contributed by atoms with Crippen molar-refractivity contribution in [2.45, 2.75) is 13.3 Å². The van der Waals surface area contributed by atoms with Crippen molar-refractivity contribution in [3.05, 3.63) is 27.4 Å². The SMILES string of the molecule is Cc1cc(OC(F)(F)F)c(C(=O)O)nc1[N+](=O)[O-]. The van der Waals surface area contributed by atoms with Gasteiger partial charge in [0.1, 0.15) is 0 Å². The van der Waals surface area contributed by atoms with Crippen molar-refractivity contribution >= 4 is 11.8 Å². The van der Waals surface area contributed by atoms with Gasteiger partial charge in [-0.3, -0.25) is 0 Å². The summed E-state index contributed by atoms with van der Waals surface area (Å²) in [5.41, 5.74) is -1.42. The molecule has 18 heavy (non-hydrogen) atoms. The number of halogens is 3. The highest BCUT2D eigenvalue weighted by molar-refractivity contribution is 5.89. The third-order valence-corrected chi connectivity index (χ3v) is 1.75. The van der Waals surface area contributed by atoms with Gasteiger partial charge >= 0.3 is 23.8 Å². The summed E-state index contributed by atoms with van der Waals surface area (Å²) in [6, 6.07) is 0.599. The number of aryl methyl sites for hydroxylation is 1. The number of rotatable bonds is 3. The summed E-state index contributed by atoms with van der Waals surface area (Å²) in [7, 11) is 0. The van der Waals surface area contributed by atoms with E-state index in [0.717, 1.165) is 6.92 Å². The Morgan fingerprint density at radius 1 is 1.56 bits per heavy atom. The fraction of sp³-hybridized carbons (Fsp3) is 0.250. The molecule has 7 nitrogen and oxygen atoms in total. The molecule has 10 heteroatoms. The van der Waals surface area contributed by atoms with E-state index in [1.54, 1.807) is 0 Å². The number of nitro groups is 1. The number of carboxylic acids is 1. The second-order valence-electron chi connectivity index (χ2n) is 3.09. The van der Waals surface area contributed by atoms with Crippen LogP contribution in [-0.4, -0.2) is 27.3 Å². The van der Waals surface area contributed by atoms with Gasteiger partial charge in [0, 0.05) is 0 Å². The number of aromatic nitrogens is 1. The first-order chi connectivity index (χ1) is 8.11. The standard InChI is InChI=1S/C8H5F3N2O5/c1-3-2-4(18-8(9,10)11)5(7(14)15)12-6(3)13(16)17/h2H,1H3,(H,14,15). The lowest BCUT2D eigenvalue weighted by Crippen LogP contribution is -2.20. The molecule has 0 aliphatic heterocycles. The zero-order valence-corrected chi connectivity index (χ0v) is 8.69. The number of carboxylic acid groups (broad SMARTS) is 1. The number of pyridine rings is 1. The summed E-state index contributed by atoms with van der Waals surface area (Å²) in [4.78, 5) is 23.2. The summed E-state index contributed by atoms with van der Waals surface area (Å²) >= 11 is 0. The molecule has 98 valence electrons. The molecule has 0 saturated heterocycles. The van der Waals surface area contributed by atoms with Crippen LogP contribution in [0.1, 0.15) is 16.1 Å². The first-order valence-corrected chi connectivity index (χ1v) is 4.27. The first kappa shape index (κ1) is 13.7. The monoisotopic (exact) mass is 266 g/mol. The van der Waals surface area contributed by atoms with Crippen molar-refractivity contribution in [1.82, 2.24) is 4.98 Å². The maximum Gasteiger partial charge on any atom is 0.573 e. The lowest BCUT2D eigenvalue weighted by atomic mass is 10.2. The summed E-state index contributed by atoms with van der Waals surface area (Å²) < 4.78 is 39.4. The third kappa shape index (κ3) is 3.06. The highest BCUT2D eigenvalue weighted by atomic mass is 19.4. The number of nitrogens with zero attached hydrogens (tertiary/aromatic N) is 2. The number of alkyl halides is 3. The second-order valence-corrected chi connectivity index (χ2v) is 3.09. The molecule has 1 heterocycles. The van der Waals surface area contributed by atoms with Crippen molar-refractivity contribution in [3.8, 4) is 5.75 Å². The van der Waals surface area contributed by atoms with Gasteiger partial charge in [0.25, 0.3) is 0 Å². The van der Waals surface area contributed by atoms with Gasteiger partial charge in [-0.1, -0.05) is 0 Å². The lowest BCUT2D eigenvalue weighted by molar-refractivity contribution is -0.390. The van der Waals surface area contributed by atoms with Gasteiger partial charge in [-0.15, -0.1) is 13.2 Å². The molecule has 0 bridgehead atoms. The van der Waals surface area contributed by atoms with Gasteiger partial charge < -0.3 is 20.0 Å². The number of hydrogen-bond acceptors (Lipinski definition) is 5. The first-order valence-electron chi connectivity index (χ1n) is 4.27. The van der Waals surface area contributed by atoms with E-state index >= 15 is 0 Å². The molecule has 0 spiro atoms. The molecule has 0 amide bonds. The molecular formula is C8H5F3N2O5. The maximum atomic E-state index is 12.0. The molecule has 1 rings (SSSR count). The number of aromatic carboxylic acids is 1. The topological polar surface area (TPSA) is 103 Å². The Hall–Kier alpha value is -2.39. The highest BCUT2D eigenvalue weighted by Crippen LogP contribution is 2.29. The van der Waals surface area contributed by atoms with Crippen LogP contribution in [0.25, 0.3) is 0 Å². The molecule has 0 fully saturated rings. The molecule has 0 aliphatic carbocycles. The highest BCUT2D eigenvalue weighted by Gasteiger charge is 2.36. The molecule has 1 aromatic heterocycles. The fourth-order valence-electron chi connectivity index (χ4n) is 1.12. The Bertz CT molecular complexity index is 514. The minimum Gasteiger partial charge on any atom is -0.475 e. The molecule has 1 N–H and O–H groups in total. The van der Waals surface area contributed by atoms with Gasteiger partial charge in [-0.25, -0.2) is 4.79 Å². The van der Waals surface area contributed by atoms with E-state index in [4.69, 9.17) is 5.11 Å². The predicted octanol–water partition coefficient (Wildman–Crippen LogP) is 1.90. The molecule has 0 aliphatic rings. The quantitative estimate of drug-likeness (QED) is 0.662. The van der Waals surface area contributed by atoms with E-state index in [2.05, 4.69) is 9.72 Å². The average molecular weight is 266 g/mol. The van der Waals surface area contributed by atoms with E-state index in [-0.39, 0.29) is 5.56 Å². The Labute approximate surface area is 97.0 Å². The molecule has 0 radical (unpaired) electrons. The van der Waals surface area contributed by atoms with Crippen molar-refractivity contribution in [3.63, 3.8) is 0 Å². The molecule has 0 unspecified atom stereocenters. The summed E-state index contributed by atoms with van der Waals surface area (Å²) in [5, 5.41) is 19.1. The van der Waals surface area contributed by atoms with Crippen LogP contribution in [0.5, 0.6) is 5.75 Å². The number of hydrogen-bond donors (Lipinski definition) is 1. The van der Waals surface area contributed by atoms with Crippen LogP contribution in [0.2, 0.25) is 0 Å². The lowest BCUT2D eigenvalue weighted by Gasteiger charge is -2.09. The van der Waals surface area contributed by atoms with Crippen molar-refractivity contribution < 1.29 is 32.7 Å². The average Bonchev–Trinajstić information content (AvgIpc) is 2.13. The normalized spacial score (nSPS) is 11.1. The summed E-state index contributed by atoms with van der Waals surface area (Å²) in [6.07, 6.45) is -5.12. The van der Waals surface area contributed by atoms with Crippen LogP contribution in [-0.2, 0) is 0 Å². The summed E-state index contributed by atoms with van der Waals surface area (Å²) in [6.45, 7) is 1.11. The van der Waals surface area contributed by atoms with Crippen LogP contribution < -0.4 is 4.74 Å². The van der Waals surface area contributed by atoms with E-state index in [9.17, 15) is 28.1 Å². The van der Waals surface area contributed by atoms with Crippen LogP contribution in [0.3, 0.4) is 0 Å². The largest absolute Gasteiger partial charge is 0.573 e. The molecule has 0 aromatic carbocycles. The van der Waals surface area contributed by atoms with Crippen molar-refractivity contribution in [2.24, 2.45) is 0 Å². The molecule has 0 atom stereocenters. The smallest absolute Gasteiger partial charge is 0.475 e.